The fourth-order valence-corrected chi connectivity index (χ4v) is 3.62. The van der Waals surface area contributed by atoms with Gasteiger partial charge in [-0.3, -0.25) is 4.79 Å². The van der Waals surface area contributed by atoms with Crippen LogP contribution in [0, 0.1) is 6.92 Å². The first kappa shape index (κ1) is 22.3. The second kappa shape index (κ2) is 10.2. The Bertz CT molecular complexity index is 1080. The van der Waals surface area contributed by atoms with Gasteiger partial charge in [0.2, 0.25) is 11.9 Å². The number of fused-ring (bicyclic) bond motifs is 1. The molecule has 4 rings (SSSR count). The average molecular weight is 450 g/mol. The molecule has 1 heterocycles. The van der Waals surface area contributed by atoms with Crippen LogP contribution in [0.5, 0.6) is 28.7 Å². The normalized spacial score (nSPS) is 16.6. The van der Waals surface area contributed by atoms with Crippen molar-refractivity contribution in [2.45, 2.75) is 19.1 Å². The molecule has 7 heteroatoms. The van der Waals surface area contributed by atoms with Gasteiger partial charge < -0.3 is 29.0 Å². The topological polar surface area (TPSA) is 75.2 Å². The van der Waals surface area contributed by atoms with E-state index < -0.39 is 12.2 Å². The Balaban J connectivity index is 1.44. The van der Waals surface area contributed by atoms with Crippen LogP contribution in [0.4, 0.5) is 0 Å². The number of benzene rings is 3. The Morgan fingerprint density at radius 2 is 1.52 bits per heavy atom. The third-order valence-corrected chi connectivity index (χ3v) is 5.33. The maximum absolute atomic E-state index is 13.1. The van der Waals surface area contributed by atoms with Crippen LogP contribution in [-0.2, 0) is 4.79 Å². The van der Waals surface area contributed by atoms with E-state index in [0.717, 1.165) is 11.1 Å². The number of ether oxygens (including phenoxy) is 5. The summed E-state index contributed by atoms with van der Waals surface area (Å²) in [6.45, 7) is 2.50. The number of hydrogen-bond donors (Lipinski definition) is 1. The summed E-state index contributed by atoms with van der Waals surface area (Å²) in [6.07, 6.45) is -1.42. The fraction of sp³-hybridized carbons (Fsp3) is 0.269. The molecule has 1 amide bonds. The van der Waals surface area contributed by atoms with Crippen LogP contribution in [-0.4, -0.2) is 39.4 Å². The van der Waals surface area contributed by atoms with E-state index in [1.54, 1.807) is 32.4 Å². The maximum Gasteiger partial charge on any atom is 0.265 e. The van der Waals surface area contributed by atoms with E-state index in [-0.39, 0.29) is 19.1 Å². The van der Waals surface area contributed by atoms with E-state index in [1.807, 2.05) is 55.5 Å². The molecule has 3 aromatic rings. The molecule has 2 atom stereocenters. The number of nitrogens with one attached hydrogen (secondary N) is 1. The molecule has 0 bridgehead atoms. The fourth-order valence-electron chi connectivity index (χ4n) is 3.62. The molecular weight excluding hydrogens is 422 g/mol. The molecule has 7 nitrogen and oxygen atoms in total. The van der Waals surface area contributed by atoms with E-state index in [4.69, 9.17) is 23.7 Å². The van der Waals surface area contributed by atoms with Gasteiger partial charge in [-0.2, -0.15) is 0 Å². The SMILES string of the molecule is COc1cccc(OC)c1OCCNC(=O)[C@@H]1Oc2ccccc2O[C@H]1c1ccc(C)cc1. The molecule has 0 saturated heterocycles. The van der Waals surface area contributed by atoms with Crippen LogP contribution in [0.3, 0.4) is 0 Å². The van der Waals surface area contributed by atoms with Gasteiger partial charge in [0.15, 0.2) is 29.1 Å². The number of carbonyl (C=O) groups excluding carboxylic acids is 1. The van der Waals surface area contributed by atoms with Crippen molar-refractivity contribution >= 4 is 5.91 Å². The molecular formula is C26H27NO6. The van der Waals surface area contributed by atoms with Crippen LogP contribution in [0.15, 0.2) is 66.7 Å². The lowest BCUT2D eigenvalue weighted by molar-refractivity contribution is -0.134. The Morgan fingerprint density at radius 1 is 0.879 bits per heavy atom. The van der Waals surface area contributed by atoms with E-state index in [9.17, 15) is 4.79 Å². The summed E-state index contributed by atoms with van der Waals surface area (Å²) in [7, 11) is 3.12. The van der Waals surface area contributed by atoms with Crippen molar-refractivity contribution in [1.82, 2.24) is 5.32 Å². The lowest BCUT2D eigenvalue weighted by Crippen LogP contribution is -2.46. The first-order chi connectivity index (χ1) is 16.1. The number of hydrogen-bond acceptors (Lipinski definition) is 6. The number of rotatable bonds is 8. The first-order valence-electron chi connectivity index (χ1n) is 10.7. The highest BCUT2D eigenvalue weighted by Crippen LogP contribution is 2.39. The number of methoxy groups -OCH3 is 2. The van der Waals surface area contributed by atoms with Gasteiger partial charge in [-0.1, -0.05) is 48.0 Å². The second-order valence-electron chi connectivity index (χ2n) is 7.57. The summed E-state index contributed by atoms with van der Waals surface area (Å²) >= 11 is 0. The van der Waals surface area contributed by atoms with E-state index in [1.165, 1.54) is 0 Å². The van der Waals surface area contributed by atoms with E-state index in [0.29, 0.717) is 28.7 Å². The highest BCUT2D eigenvalue weighted by atomic mass is 16.6. The zero-order chi connectivity index (χ0) is 23.2. The standard InChI is InChI=1S/C26H27NO6/c1-17-11-13-18(14-12-17)23-25(33-20-8-5-4-7-19(20)32-23)26(28)27-15-16-31-24-21(29-2)9-6-10-22(24)30-3/h4-14,23,25H,15-16H2,1-3H3,(H,27,28)/t23-,25+/m0/s1. The summed E-state index contributed by atoms with van der Waals surface area (Å²) in [5.41, 5.74) is 1.99. The lowest BCUT2D eigenvalue weighted by atomic mass is 10.0. The first-order valence-corrected chi connectivity index (χ1v) is 10.7. The monoisotopic (exact) mass is 449 g/mol. The largest absolute Gasteiger partial charge is 0.493 e. The van der Waals surface area contributed by atoms with Gasteiger partial charge in [0.25, 0.3) is 5.91 Å². The van der Waals surface area contributed by atoms with E-state index in [2.05, 4.69) is 5.32 Å². The Hall–Kier alpha value is -3.87. The minimum Gasteiger partial charge on any atom is -0.493 e. The van der Waals surface area contributed by atoms with Crippen molar-refractivity contribution in [3.8, 4) is 28.7 Å². The Labute approximate surface area is 193 Å². The van der Waals surface area contributed by atoms with Crippen LogP contribution in [0.25, 0.3) is 0 Å². The minimum absolute atomic E-state index is 0.224. The molecule has 0 saturated carbocycles. The Morgan fingerprint density at radius 3 is 2.15 bits per heavy atom. The third kappa shape index (κ3) is 4.98. The molecule has 0 aliphatic carbocycles. The van der Waals surface area contributed by atoms with Crippen molar-refractivity contribution in [1.29, 1.82) is 0 Å². The molecule has 0 radical (unpaired) electrons. The lowest BCUT2D eigenvalue weighted by Gasteiger charge is -2.33. The molecule has 0 unspecified atom stereocenters. The summed E-state index contributed by atoms with van der Waals surface area (Å²) in [5.74, 6) is 2.46. The number of carbonyl (C=O) groups is 1. The molecule has 1 aliphatic heterocycles. The van der Waals surface area contributed by atoms with Crippen LogP contribution >= 0.6 is 0 Å². The molecule has 3 aromatic carbocycles. The molecule has 33 heavy (non-hydrogen) atoms. The Kier molecular flexibility index (Phi) is 6.88. The quantitative estimate of drug-likeness (QED) is 0.522. The molecule has 1 aliphatic rings. The highest BCUT2D eigenvalue weighted by molar-refractivity contribution is 5.82. The second-order valence-corrected chi connectivity index (χ2v) is 7.57. The van der Waals surface area contributed by atoms with Gasteiger partial charge in [-0.25, -0.2) is 0 Å². The average Bonchev–Trinajstić information content (AvgIpc) is 2.86. The smallest absolute Gasteiger partial charge is 0.265 e. The van der Waals surface area contributed by atoms with E-state index >= 15 is 0 Å². The summed E-state index contributed by atoms with van der Waals surface area (Å²) in [6, 6.07) is 20.6. The van der Waals surface area contributed by atoms with Gasteiger partial charge >= 0.3 is 0 Å². The molecule has 0 aromatic heterocycles. The van der Waals surface area contributed by atoms with Crippen molar-refractivity contribution in [2.24, 2.45) is 0 Å². The summed E-state index contributed by atoms with van der Waals surface area (Å²) in [5, 5.41) is 2.89. The zero-order valence-electron chi connectivity index (χ0n) is 18.9. The number of aryl methyl sites for hydroxylation is 1. The predicted octanol–water partition coefficient (Wildman–Crippen LogP) is 4.09. The van der Waals surface area contributed by atoms with Crippen molar-refractivity contribution in [3.05, 3.63) is 77.9 Å². The van der Waals surface area contributed by atoms with Crippen molar-refractivity contribution < 1.29 is 28.5 Å². The van der Waals surface area contributed by atoms with Crippen molar-refractivity contribution in [2.75, 3.05) is 27.4 Å². The molecule has 0 fully saturated rings. The van der Waals surface area contributed by atoms with Gasteiger partial charge in [-0.05, 0) is 36.8 Å². The molecule has 172 valence electrons. The number of amides is 1. The summed E-state index contributed by atoms with van der Waals surface area (Å²) < 4.78 is 28.7. The number of para-hydroxylation sites is 3. The summed E-state index contributed by atoms with van der Waals surface area (Å²) in [4.78, 5) is 13.1. The van der Waals surface area contributed by atoms with Gasteiger partial charge in [0, 0.05) is 0 Å². The van der Waals surface area contributed by atoms with Gasteiger partial charge in [0.05, 0.1) is 20.8 Å². The van der Waals surface area contributed by atoms with Crippen LogP contribution < -0.4 is 29.0 Å². The third-order valence-electron chi connectivity index (χ3n) is 5.33. The van der Waals surface area contributed by atoms with Crippen molar-refractivity contribution in [3.63, 3.8) is 0 Å². The van der Waals surface area contributed by atoms with Gasteiger partial charge in [0.1, 0.15) is 6.61 Å². The molecule has 1 N–H and O–H groups in total. The molecule has 0 spiro atoms. The van der Waals surface area contributed by atoms with Crippen LogP contribution in [0.2, 0.25) is 0 Å². The van der Waals surface area contributed by atoms with Gasteiger partial charge in [-0.15, -0.1) is 0 Å². The highest BCUT2D eigenvalue weighted by Gasteiger charge is 2.38. The predicted molar refractivity (Wildman–Crippen MR) is 123 cm³/mol. The van der Waals surface area contributed by atoms with Crippen LogP contribution in [0.1, 0.15) is 17.2 Å². The zero-order valence-corrected chi connectivity index (χ0v) is 18.9. The maximum atomic E-state index is 13.1. The minimum atomic E-state index is -0.844.